The lowest BCUT2D eigenvalue weighted by Gasteiger charge is -2.34. The number of aromatic amines is 1. The summed E-state index contributed by atoms with van der Waals surface area (Å²) in [5.74, 6) is 0.170. The van der Waals surface area contributed by atoms with Gasteiger partial charge in [0, 0.05) is 17.5 Å². The number of aromatic nitrogens is 1. The van der Waals surface area contributed by atoms with Gasteiger partial charge in [0.15, 0.2) is 0 Å². The molecule has 38 heavy (non-hydrogen) atoms. The highest BCUT2D eigenvalue weighted by Gasteiger charge is 2.39. The van der Waals surface area contributed by atoms with Gasteiger partial charge in [-0.2, -0.15) is 0 Å². The molecule has 0 fully saturated rings. The van der Waals surface area contributed by atoms with E-state index < -0.39 is 7.11 Å². The SMILES string of the molecule is CCCCCCCCCCC1=N/C(=C2/C=C(c3ccc(CCCCCCCCCC)[nH]3)O[B-](F)(F)O2)C=C1. The summed E-state index contributed by atoms with van der Waals surface area (Å²) in [4.78, 5) is 7.84. The summed E-state index contributed by atoms with van der Waals surface area (Å²) in [5, 5.41) is 0. The Morgan fingerprint density at radius 2 is 1.29 bits per heavy atom. The van der Waals surface area contributed by atoms with Gasteiger partial charge in [-0.3, -0.25) is 0 Å². The molecule has 212 valence electrons. The lowest BCUT2D eigenvalue weighted by Crippen LogP contribution is -2.34. The van der Waals surface area contributed by atoms with Crippen molar-refractivity contribution in [3.8, 4) is 0 Å². The molecule has 1 aromatic heterocycles. The standard InChI is InChI=1S/C31H48BF2N2O2/c1-3-5-7-9-11-13-15-17-19-26-21-23-28(35-26)30-25-31(38-32(33,34)37-30)29-24-22-27(36-29)20-18-16-14-12-10-8-6-4-2/h21-25,35H,3-20H2,1-2H3/q-1/b31-29-. The number of rotatable bonds is 19. The number of nitrogens with one attached hydrogen (secondary N) is 1. The van der Waals surface area contributed by atoms with Crippen molar-refractivity contribution in [3.63, 3.8) is 0 Å². The van der Waals surface area contributed by atoms with Gasteiger partial charge in [0.25, 0.3) is 0 Å². The zero-order chi connectivity index (χ0) is 27.1. The highest BCUT2D eigenvalue weighted by molar-refractivity contribution is 6.53. The number of halogens is 2. The first-order chi connectivity index (χ1) is 18.5. The first kappa shape index (κ1) is 30.2. The van der Waals surface area contributed by atoms with E-state index in [-0.39, 0.29) is 11.5 Å². The second kappa shape index (κ2) is 16.6. The number of allylic oxidation sites excluding steroid dienone is 3. The molecule has 0 spiro atoms. The number of nitrogens with zero attached hydrogens (tertiary/aromatic N) is 1. The van der Waals surface area contributed by atoms with E-state index in [9.17, 15) is 8.63 Å². The van der Waals surface area contributed by atoms with Gasteiger partial charge >= 0.3 is 7.11 Å². The average Bonchev–Trinajstić information content (AvgIpc) is 3.56. The van der Waals surface area contributed by atoms with E-state index in [0.717, 1.165) is 37.1 Å². The van der Waals surface area contributed by atoms with Crippen molar-refractivity contribution >= 4 is 18.6 Å². The molecule has 0 saturated heterocycles. The molecule has 0 bridgehead atoms. The van der Waals surface area contributed by atoms with Crippen molar-refractivity contribution in [1.82, 2.24) is 4.98 Å². The summed E-state index contributed by atoms with van der Waals surface area (Å²) in [5.41, 5.74) is 2.95. The Kier molecular flexibility index (Phi) is 13.2. The van der Waals surface area contributed by atoms with Crippen molar-refractivity contribution in [2.24, 2.45) is 4.99 Å². The Morgan fingerprint density at radius 1 is 0.711 bits per heavy atom. The van der Waals surface area contributed by atoms with Crippen LogP contribution in [0.3, 0.4) is 0 Å². The van der Waals surface area contributed by atoms with Crippen molar-refractivity contribution < 1.29 is 17.9 Å². The molecule has 3 rings (SSSR count). The van der Waals surface area contributed by atoms with Gasteiger partial charge in [0.1, 0.15) is 17.2 Å². The number of unbranched alkanes of at least 4 members (excludes halogenated alkanes) is 14. The Bertz CT molecular complexity index is 965. The van der Waals surface area contributed by atoms with Crippen LogP contribution in [0.4, 0.5) is 8.63 Å². The predicted octanol–water partition coefficient (Wildman–Crippen LogP) is 10.2. The highest BCUT2D eigenvalue weighted by Crippen LogP contribution is 2.34. The van der Waals surface area contributed by atoms with Crippen LogP contribution >= 0.6 is 0 Å². The fourth-order valence-electron chi connectivity index (χ4n) is 5.08. The van der Waals surface area contributed by atoms with Crippen molar-refractivity contribution in [2.45, 2.75) is 129 Å². The molecule has 0 aromatic carbocycles. The van der Waals surface area contributed by atoms with Gasteiger partial charge in [0.2, 0.25) is 0 Å². The largest absolute Gasteiger partial charge is 0.726 e. The summed E-state index contributed by atoms with van der Waals surface area (Å²) >= 11 is 0. The number of hydrogen-bond acceptors (Lipinski definition) is 3. The maximum Gasteiger partial charge on any atom is 0.726 e. The fourth-order valence-corrected chi connectivity index (χ4v) is 5.08. The van der Waals surface area contributed by atoms with Crippen molar-refractivity contribution in [3.05, 3.63) is 53.2 Å². The molecule has 0 atom stereocenters. The minimum Gasteiger partial charge on any atom is -0.626 e. The second-order valence-electron chi connectivity index (χ2n) is 10.8. The Morgan fingerprint density at radius 3 is 1.92 bits per heavy atom. The summed E-state index contributed by atoms with van der Waals surface area (Å²) in [7, 11) is -4.45. The minimum absolute atomic E-state index is 0.0673. The third-order valence-corrected chi connectivity index (χ3v) is 7.34. The van der Waals surface area contributed by atoms with E-state index in [1.807, 2.05) is 18.2 Å². The lowest BCUT2D eigenvalue weighted by atomic mass is 10.1. The fraction of sp³-hybridized carbons (Fsp3) is 0.645. The lowest BCUT2D eigenvalue weighted by molar-refractivity contribution is 0.171. The quantitative estimate of drug-likeness (QED) is 0.143. The summed E-state index contributed by atoms with van der Waals surface area (Å²) in [6, 6.07) is 3.77. The van der Waals surface area contributed by atoms with Crippen LogP contribution in [0.25, 0.3) is 5.76 Å². The molecule has 0 unspecified atom stereocenters. The monoisotopic (exact) mass is 529 g/mol. The smallest absolute Gasteiger partial charge is 0.626 e. The summed E-state index contributed by atoms with van der Waals surface area (Å²) in [6.07, 6.45) is 27.1. The van der Waals surface area contributed by atoms with Crippen LogP contribution in [-0.2, 0) is 15.7 Å². The predicted molar refractivity (Wildman–Crippen MR) is 156 cm³/mol. The first-order valence-electron chi connectivity index (χ1n) is 15.3. The average molecular weight is 530 g/mol. The summed E-state index contributed by atoms with van der Waals surface area (Å²) in [6.45, 7) is 4.47. The zero-order valence-electron chi connectivity index (χ0n) is 23.7. The van der Waals surface area contributed by atoms with Crippen LogP contribution in [0.5, 0.6) is 0 Å². The number of aliphatic imine (C=N–C) groups is 1. The van der Waals surface area contributed by atoms with Crippen LogP contribution in [-0.4, -0.2) is 17.8 Å². The van der Waals surface area contributed by atoms with Crippen LogP contribution in [0.1, 0.15) is 134 Å². The number of H-pyrrole nitrogens is 1. The van der Waals surface area contributed by atoms with Gasteiger partial charge in [-0.25, -0.2) is 4.99 Å². The molecule has 1 aromatic rings. The van der Waals surface area contributed by atoms with Crippen LogP contribution in [0.15, 0.2) is 46.8 Å². The van der Waals surface area contributed by atoms with Gasteiger partial charge in [0.05, 0.1) is 5.69 Å². The zero-order valence-corrected chi connectivity index (χ0v) is 23.7. The van der Waals surface area contributed by atoms with E-state index in [4.69, 9.17) is 9.31 Å². The van der Waals surface area contributed by atoms with E-state index in [1.165, 1.54) is 96.0 Å². The first-order valence-corrected chi connectivity index (χ1v) is 15.3. The maximum atomic E-state index is 14.4. The third-order valence-electron chi connectivity index (χ3n) is 7.34. The molecule has 2 aliphatic heterocycles. The van der Waals surface area contributed by atoms with E-state index in [0.29, 0.717) is 11.4 Å². The second-order valence-corrected chi connectivity index (χ2v) is 10.8. The van der Waals surface area contributed by atoms with Crippen LogP contribution in [0.2, 0.25) is 0 Å². The molecule has 0 saturated carbocycles. The molecule has 1 N–H and O–H groups in total. The molecule has 4 nitrogen and oxygen atoms in total. The maximum absolute atomic E-state index is 14.4. The summed E-state index contributed by atoms with van der Waals surface area (Å²) < 4.78 is 38.7. The van der Waals surface area contributed by atoms with Crippen molar-refractivity contribution in [1.29, 1.82) is 0 Å². The number of aryl methyl sites for hydroxylation is 1. The molecule has 7 heteroatoms. The van der Waals surface area contributed by atoms with Gasteiger partial charge in [-0.05, 0) is 50.0 Å². The van der Waals surface area contributed by atoms with Crippen LogP contribution < -0.4 is 0 Å². The minimum atomic E-state index is -4.45. The molecule has 3 heterocycles. The highest BCUT2D eigenvalue weighted by atomic mass is 19.3. The topological polar surface area (TPSA) is 46.6 Å². The third kappa shape index (κ3) is 10.8. The van der Waals surface area contributed by atoms with E-state index in [1.54, 1.807) is 6.08 Å². The Labute approximate surface area is 229 Å². The molecule has 0 aliphatic carbocycles. The number of hydrogen-bond donors (Lipinski definition) is 1. The molecule has 2 aliphatic rings. The van der Waals surface area contributed by atoms with Crippen molar-refractivity contribution in [2.75, 3.05) is 0 Å². The van der Waals surface area contributed by atoms with E-state index >= 15 is 0 Å². The van der Waals surface area contributed by atoms with Crippen LogP contribution in [0, 0.1) is 0 Å². The molecule has 0 radical (unpaired) electrons. The molecular formula is C31H48BF2N2O2-. The molecule has 0 amide bonds. The van der Waals surface area contributed by atoms with Gasteiger partial charge in [-0.1, -0.05) is 104 Å². The Hall–Kier alpha value is -2.31. The Balaban J connectivity index is 1.49. The molecular weight excluding hydrogens is 481 g/mol. The normalized spacial score (nSPS) is 18.3. The van der Waals surface area contributed by atoms with Gasteiger partial charge in [-0.15, -0.1) is 0 Å². The van der Waals surface area contributed by atoms with E-state index in [2.05, 4.69) is 23.8 Å². The van der Waals surface area contributed by atoms with Gasteiger partial charge < -0.3 is 22.9 Å².